The molecule has 0 heterocycles. The fourth-order valence-electron chi connectivity index (χ4n) is 2.14. The maximum Gasteiger partial charge on any atom is 0.138 e. The van der Waals surface area contributed by atoms with Gasteiger partial charge >= 0.3 is 0 Å². The summed E-state index contributed by atoms with van der Waals surface area (Å²) in [6, 6.07) is 18.6. The maximum atomic E-state index is 5.47. The van der Waals surface area contributed by atoms with Crippen molar-refractivity contribution in [3.8, 4) is 5.75 Å². The van der Waals surface area contributed by atoms with Crippen molar-refractivity contribution >= 4 is 17.2 Å². The fraction of sp³-hybridized carbons (Fsp3) is 0.235. The van der Waals surface area contributed by atoms with Gasteiger partial charge in [-0.25, -0.2) is 0 Å². The minimum atomic E-state index is -0.0387. The third kappa shape index (κ3) is 3.36. The molecule has 2 nitrogen and oxygen atoms in total. The van der Waals surface area contributed by atoms with Crippen molar-refractivity contribution in [2.45, 2.75) is 19.3 Å². The number of thiocarbonyl (C=S) groups is 1. The van der Waals surface area contributed by atoms with Gasteiger partial charge in [-0.1, -0.05) is 68.5 Å². The topological polar surface area (TPSA) is 35.2 Å². The van der Waals surface area contributed by atoms with E-state index in [0.717, 1.165) is 5.75 Å². The van der Waals surface area contributed by atoms with Crippen LogP contribution >= 0.6 is 12.2 Å². The highest BCUT2D eigenvalue weighted by Crippen LogP contribution is 2.32. The quantitative estimate of drug-likeness (QED) is 0.851. The lowest BCUT2D eigenvalue weighted by Crippen LogP contribution is -2.19. The summed E-state index contributed by atoms with van der Waals surface area (Å²) in [5, 5.41) is 0. The molecule has 0 saturated carbocycles. The van der Waals surface area contributed by atoms with Crippen LogP contribution in [0.25, 0.3) is 0 Å². The van der Waals surface area contributed by atoms with Crippen LogP contribution in [-0.2, 0) is 5.41 Å². The van der Waals surface area contributed by atoms with Gasteiger partial charge < -0.3 is 10.5 Å². The van der Waals surface area contributed by atoms with Crippen molar-refractivity contribution < 1.29 is 4.74 Å². The number of hydrogen-bond acceptors (Lipinski definition) is 2. The molecule has 0 atom stereocenters. The summed E-state index contributed by atoms with van der Waals surface area (Å²) in [5.74, 6) is 0.783. The molecule has 0 radical (unpaired) electrons. The van der Waals surface area contributed by atoms with Crippen molar-refractivity contribution in [3.05, 3.63) is 65.7 Å². The van der Waals surface area contributed by atoms with E-state index in [1.807, 2.05) is 18.2 Å². The van der Waals surface area contributed by atoms with Crippen LogP contribution in [0.15, 0.2) is 54.6 Å². The van der Waals surface area contributed by atoms with E-state index in [2.05, 4.69) is 50.2 Å². The van der Waals surface area contributed by atoms with Gasteiger partial charge in [-0.05, 0) is 23.3 Å². The standard InChI is InChI=1S/C17H19NOS/c1-17(2,13-6-4-3-5-7-13)14-8-10-15(11-9-14)19-12-16(18)20/h3-11H,12H2,1-2H3,(H2,18,20). The van der Waals surface area contributed by atoms with Crippen LogP contribution in [0.3, 0.4) is 0 Å². The van der Waals surface area contributed by atoms with Crippen LogP contribution in [0.5, 0.6) is 5.75 Å². The number of benzene rings is 2. The lowest BCUT2D eigenvalue weighted by atomic mass is 9.78. The van der Waals surface area contributed by atoms with Crippen LogP contribution in [0.4, 0.5) is 0 Å². The predicted octanol–water partition coefficient (Wildman–Crippen LogP) is 3.68. The molecule has 0 amide bonds. The monoisotopic (exact) mass is 285 g/mol. The lowest BCUT2D eigenvalue weighted by molar-refractivity contribution is 0.377. The zero-order valence-corrected chi connectivity index (χ0v) is 12.6. The van der Waals surface area contributed by atoms with Crippen LogP contribution in [0.2, 0.25) is 0 Å². The Morgan fingerprint density at radius 2 is 1.55 bits per heavy atom. The summed E-state index contributed by atoms with van der Waals surface area (Å²) in [6.07, 6.45) is 0. The summed E-state index contributed by atoms with van der Waals surface area (Å²) in [5.41, 5.74) is 7.91. The van der Waals surface area contributed by atoms with E-state index in [4.69, 9.17) is 22.7 Å². The second kappa shape index (κ2) is 6.06. The molecule has 0 saturated heterocycles. The van der Waals surface area contributed by atoms with Gasteiger partial charge in [0.05, 0.1) is 0 Å². The summed E-state index contributed by atoms with van der Waals surface area (Å²) >= 11 is 4.80. The molecule has 0 bridgehead atoms. The number of rotatable bonds is 5. The third-order valence-corrected chi connectivity index (χ3v) is 3.57. The van der Waals surface area contributed by atoms with E-state index in [1.54, 1.807) is 0 Å². The molecule has 3 heteroatoms. The average Bonchev–Trinajstić information content (AvgIpc) is 2.46. The van der Waals surface area contributed by atoms with Gasteiger partial charge in [0, 0.05) is 5.41 Å². The molecule has 2 N–H and O–H groups in total. The van der Waals surface area contributed by atoms with E-state index in [1.165, 1.54) is 11.1 Å². The highest BCUT2D eigenvalue weighted by Gasteiger charge is 2.22. The number of hydrogen-bond donors (Lipinski definition) is 1. The molecule has 20 heavy (non-hydrogen) atoms. The first-order valence-electron chi connectivity index (χ1n) is 6.57. The third-order valence-electron chi connectivity index (χ3n) is 3.45. The molecule has 0 aliphatic carbocycles. The minimum Gasteiger partial charge on any atom is -0.487 e. The van der Waals surface area contributed by atoms with E-state index in [9.17, 15) is 0 Å². The van der Waals surface area contributed by atoms with Crippen LogP contribution in [-0.4, -0.2) is 11.6 Å². The summed E-state index contributed by atoms with van der Waals surface area (Å²) < 4.78 is 5.47. The molecule has 0 aromatic heterocycles. The Kier molecular flexibility index (Phi) is 4.40. The molecule has 104 valence electrons. The van der Waals surface area contributed by atoms with Gasteiger partial charge in [0.1, 0.15) is 17.3 Å². The SMILES string of the molecule is CC(C)(c1ccccc1)c1ccc(OCC(N)=S)cc1. The predicted molar refractivity (Wildman–Crippen MR) is 87.3 cm³/mol. The summed E-state index contributed by atoms with van der Waals surface area (Å²) in [4.78, 5) is 0.360. The van der Waals surface area contributed by atoms with Crippen molar-refractivity contribution in [1.82, 2.24) is 0 Å². The summed E-state index contributed by atoms with van der Waals surface area (Å²) in [6.45, 7) is 4.71. The van der Waals surface area contributed by atoms with Gasteiger partial charge in [-0.3, -0.25) is 0 Å². The minimum absolute atomic E-state index is 0.0387. The van der Waals surface area contributed by atoms with Crippen LogP contribution in [0.1, 0.15) is 25.0 Å². The molecular weight excluding hydrogens is 266 g/mol. The number of nitrogens with two attached hydrogens (primary N) is 1. The Labute approximate surface area is 125 Å². The zero-order valence-electron chi connectivity index (χ0n) is 11.8. The summed E-state index contributed by atoms with van der Waals surface area (Å²) in [7, 11) is 0. The maximum absolute atomic E-state index is 5.47. The number of ether oxygens (including phenoxy) is 1. The Bertz CT molecular complexity index is 576. The second-order valence-corrected chi connectivity index (χ2v) is 5.79. The van der Waals surface area contributed by atoms with Gasteiger partial charge in [-0.15, -0.1) is 0 Å². The Hall–Kier alpha value is -1.87. The Morgan fingerprint density at radius 3 is 2.10 bits per heavy atom. The highest BCUT2D eigenvalue weighted by atomic mass is 32.1. The molecule has 0 spiro atoms. The zero-order chi connectivity index (χ0) is 14.6. The molecule has 0 aliphatic rings. The van der Waals surface area contributed by atoms with E-state index in [-0.39, 0.29) is 12.0 Å². The molecule has 0 fully saturated rings. The Morgan fingerprint density at radius 1 is 1.00 bits per heavy atom. The Balaban J connectivity index is 2.19. The van der Waals surface area contributed by atoms with Crippen molar-refractivity contribution in [1.29, 1.82) is 0 Å². The molecular formula is C17H19NOS. The average molecular weight is 285 g/mol. The highest BCUT2D eigenvalue weighted by molar-refractivity contribution is 7.80. The molecule has 2 rings (SSSR count). The molecule has 2 aromatic carbocycles. The van der Waals surface area contributed by atoms with Gasteiger partial charge in [0.15, 0.2) is 0 Å². The van der Waals surface area contributed by atoms with Crippen molar-refractivity contribution in [3.63, 3.8) is 0 Å². The first-order chi connectivity index (χ1) is 9.50. The fourth-order valence-corrected chi connectivity index (χ4v) is 2.20. The van der Waals surface area contributed by atoms with E-state index < -0.39 is 0 Å². The van der Waals surface area contributed by atoms with Crippen molar-refractivity contribution in [2.75, 3.05) is 6.61 Å². The second-order valence-electron chi connectivity index (χ2n) is 5.27. The largest absolute Gasteiger partial charge is 0.487 e. The molecule has 2 aromatic rings. The van der Waals surface area contributed by atoms with Crippen LogP contribution < -0.4 is 10.5 Å². The van der Waals surface area contributed by atoms with E-state index in [0.29, 0.717) is 4.99 Å². The lowest BCUT2D eigenvalue weighted by Gasteiger charge is -2.26. The van der Waals surface area contributed by atoms with Gasteiger partial charge in [0.2, 0.25) is 0 Å². The van der Waals surface area contributed by atoms with E-state index >= 15 is 0 Å². The van der Waals surface area contributed by atoms with Crippen LogP contribution in [0, 0.1) is 0 Å². The van der Waals surface area contributed by atoms with Crippen molar-refractivity contribution in [2.24, 2.45) is 5.73 Å². The van der Waals surface area contributed by atoms with Gasteiger partial charge in [-0.2, -0.15) is 0 Å². The molecule has 0 unspecified atom stereocenters. The first-order valence-corrected chi connectivity index (χ1v) is 6.98. The smallest absolute Gasteiger partial charge is 0.138 e. The normalized spacial score (nSPS) is 11.1. The first kappa shape index (κ1) is 14.5. The van der Waals surface area contributed by atoms with Gasteiger partial charge in [0.25, 0.3) is 0 Å². The molecule has 0 aliphatic heterocycles.